The fraction of sp³-hybridized carbons (Fsp3) is 1.00. The Kier molecular flexibility index (Phi) is 6.44. The van der Waals surface area contributed by atoms with Crippen molar-refractivity contribution in [3.8, 4) is 0 Å². The van der Waals surface area contributed by atoms with E-state index in [1.165, 1.54) is 0 Å². The summed E-state index contributed by atoms with van der Waals surface area (Å²) in [6, 6.07) is 0. The minimum absolute atomic E-state index is 0.129. The first-order chi connectivity index (χ1) is 9.20. The molecule has 0 aromatic heterocycles. The smallest absolute Gasteiger partial charge is 0.281 e. The van der Waals surface area contributed by atoms with Crippen LogP contribution in [0.3, 0.4) is 0 Å². The molecule has 0 saturated carbocycles. The summed E-state index contributed by atoms with van der Waals surface area (Å²) in [7, 11) is -3.24. The van der Waals surface area contributed by atoms with Gasteiger partial charge < -0.3 is 5.32 Å². The van der Waals surface area contributed by atoms with Crippen LogP contribution < -0.4 is 5.32 Å². The molecule has 0 amide bonds. The summed E-state index contributed by atoms with van der Waals surface area (Å²) in [5.41, 5.74) is 0.129. The zero-order valence-corrected chi connectivity index (χ0v) is 14.5. The Hall–Kier alpha value is -0.170. The Labute approximate surface area is 124 Å². The second-order valence-electron chi connectivity index (χ2n) is 6.57. The van der Waals surface area contributed by atoms with Crippen molar-refractivity contribution in [2.75, 3.05) is 32.7 Å². The molecule has 0 aromatic rings. The van der Waals surface area contributed by atoms with Gasteiger partial charge >= 0.3 is 0 Å². The normalized spacial score (nSPS) is 19.7. The summed E-state index contributed by atoms with van der Waals surface area (Å²) in [6.45, 7) is 13.6. The van der Waals surface area contributed by atoms with Crippen molar-refractivity contribution in [3.63, 3.8) is 0 Å². The van der Waals surface area contributed by atoms with Crippen LogP contribution in [0.4, 0.5) is 0 Å². The molecule has 1 N–H and O–H groups in total. The van der Waals surface area contributed by atoms with Crippen LogP contribution in [0.15, 0.2) is 0 Å². The highest BCUT2D eigenvalue weighted by atomic mass is 32.2. The van der Waals surface area contributed by atoms with Gasteiger partial charge in [0.25, 0.3) is 10.2 Å². The molecule has 1 saturated heterocycles. The summed E-state index contributed by atoms with van der Waals surface area (Å²) in [5.74, 6) is 0.581. The monoisotopic (exact) mass is 305 g/mol. The van der Waals surface area contributed by atoms with E-state index in [0.29, 0.717) is 32.1 Å². The predicted molar refractivity (Wildman–Crippen MR) is 83.9 cm³/mol. The van der Waals surface area contributed by atoms with Gasteiger partial charge in [-0.1, -0.05) is 13.8 Å². The van der Waals surface area contributed by atoms with Gasteiger partial charge in [-0.15, -0.1) is 0 Å². The standard InChI is InChI=1S/C14H31N3O2S/c1-6-16(7-2)20(18,19)17-10-8-13(9-11-17)12-15-14(3,4)5/h13,15H,6-12H2,1-5H3. The van der Waals surface area contributed by atoms with Crippen molar-refractivity contribution in [3.05, 3.63) is 0 Å². The molecule has 1 aliphatic heterocycles. The molecule has 0 atom stereocenters. The van der Waals surface area contributed by atoms with Gasteiger partial charge in [0, 0.05) is 31.7 Å². The Morgan fingerprint density at radius 1 is 1.15 bits per heavy atom. The van der Waals surface area contributed by atoms with E-state index in [1.54, 1.807) is 8.61 Å². The van der Waals surface area contributed by atoms with Crippen molar-refractivity contribution < 1.29 is 8.42 Å². The van der Waals surface area contributed by atoms with Gasteiger partial charge in [-0.3, -0.25) is 0 Å². The van der Waals surface area contributed by atoms with Crippen molar-refractivity contribution in [2.45, 2.75) is 53.0 Å². The van der Waals surface area contributed by atoms with E-state index < -0.39 is 10.2 Å². The minimum Gasteiger partial charge on any atom is -0.312 e. The number of hydrogen-bond donors (Lipinski definition) is 1. The third-order valence-electron chi connectivity index (χ3n) is 3.85. The lowest BCUT2D eigenvalue weighted by molar-refractivity contribution is 0.239. The molecule has 6 heteroatoms. The van der Waals surface area contributed by atoms with E-state index in [2.05, 4.69) is 26.1 Å². The van der Waals surface area contributed by atoms with Gasteiger partial charge in [0.1, 0.15) is 0 Å². The van der Waals surface area contributed by atoms with Crippen LogP contribution in [0.5, 0.6) is 0 Å². The molecule has 1 aliphatic rings. The molecule has 0 unspecified atom stereocenters. The Morgan fingerprint density at radius 3 is 2.05 bits per heavy atom. The second-order valence-corrected chi connectivity index (χ2v) is 8.49. The lowest BCUT2D eigenvalue weighted by Crippen LogP contribution is -2.48. The molecule has 20 heavy (non-hydrogen) atoms. The van der Waals surface area contributed by atoms with Crippen LogP contribution >= 0.6 is 0 Å². The first kappa shape index (κ1) is 17.9. The van der Waals surface area contributed by atoms with Crippen LogP contribution in [0.2, 0.25) is 0 Å². The molecular formula is C14H31N3O2S. The minimum atomic E-state index is -3.24. The van der Waals surface area contributed by atoms with E-state index in [9.17, 15) is 8.42 Å². The third-order valence-corrected chi connectivity index (χ3v) is 6.04. The van der Waals surface area contributed by atoms with Gasteiger partial charge in [0.15, 0.2) is 0 Å². The maximum atomic E-state index is 12.4. The van der Waals surface area contributed by atoms with Gasteiger partial charge in [-0.2, -0.15) is 17.0 Å². The van der Waals surface area contributed by atoms with Gasteiger partial charge in [-0.25, -0.2) is 0 Å². The fourth-order valence-electron chi connectivity index (χ4n) is 2.51. The van der Waals surface area contributed by atoms with Crippen LogP contribution in [0.1, 0.15) is 47.5 Å². The molecule has 0 radical (unpaired) electrons. The lowest BCUT2D eigenvalue weighted by atomic mass is 9.97. The zero-order valence-electron chi connectivity index (χ0n) is 13.6. The first-order valence-corrected chi connectivity index (χ1v) is 9.10. The number of nitrogens with zero attached hydrogens (tertiary/aromatic N) is 2. The summed E-state index contributed by atoms with van der Waals surface area (Å²) in [6.07, 6.45) is 1.90. The SMILES string of the molecule is CCN(CC)S(=O)(=O)N1CCC(CNC(C)(C)C)CC1. The average molecular weight is 305 g/mol. The van der Waals surface area contributed by atoms with Crippen molar-refractivity contribution in [2.24, 2.45) is 5.92 Å². The van der Waals surface area contributed by atoms with E-state index in [-0.39, 0.29) is 5.54 Å². The number of piperidine rings is 1. The lowest BCUT2D eigenvalue weighted by Gasteiger charge is -2.35. The fourth-order valence-corrected chi connectivity index (χ4v) is 4.16. The Morgan fingerprint density at radius 2 is 1.65 bits per heavy atom. The highest BCUT2D eigenvalue weighted by Gasteiger charge is 2.31. The third kappa shape index (κ3) is 4.98. The maximum Gasteiger partial charge on any atom is 0.281 e. The van der Waals surface area contributed by atoms with E-state index in [4.69, 9.17) is 0 Å². The zero-order chi connectivity index (χ0) is 15.4. The topological polar surface area (TPSA) is 52.7 Å². The molecule has 0 aliphatic carbocycles. The Balaban J connectivity index is 2.50. The van der Waals surface area contributed by atoms with Crippen molar-refractivity contribution in [1.29, 1.82) is 0 Å². The van der Waals surface area contributed by atoms with Gasteiger partial charge in [0.05, 0.1) is 0 Å². The average Bonchev–Trinajstić information content (AvgIpc) is 2.37. The largest absolute Gasteiger partial charge is 0.312 e. The summed E-state index contributed by atoms with van der Waals surface area (Å²) in [5, 5.41) is 3.51. The summed E-state index contributed by atoms with van der Waals surface area (Å²) < 4.78 is 28.0. The quantitative estimate of drug-likeness (QED) is 0.812. The molecule has 120 valence electrons. The second kappa shape index (κ2) is 7.20. The van der Waals surface area contributed by atoms with Gasteiger partial charge in [0.2, 0.25) is 0 Å². The van der Waals surface area contributed by atoms with Gasteiger partial charge in [-0.05, 0) is 46.1 Å². The molecule has 0 bridgehead atoms. The summed E-state index contributed by atoms with van der Waals surface area (Å²) >= 11 is 0. The maximum absolute atomic E-state index is 12.4. The highest BCUT2D eigenvalue weighted by Crippen LogP contribution is 2.21. The molecule has 0 aromatic carbocycles. The van der Waals surface area contributed by atoms with Crippen LogP contribution in [-0.2, 0) is 10.2 Å². The van der Waals surface area contributed by atoms with Crippen LogP contribution in [-0.4, -0.2) is 55.3 Å². The van der Waals surface area contributed by atoms with Crippen LogP contribution in [0, 0.1) is 5.92 Å². The molecule has 1 rings (SSSR count). The van der Waals surface area contributed by atoms with Crippen molar-refractivity contribution in [1.82, 2.24) is 13.9 Å². The van der Waals surface area contributed by atoms with E-state index >= 15 is 0 Å². The molecule has 1 heterocycles. The molecule has 0 spiro atoms. The molecule has 5 nitrogen and oxygen atoms in total. The van der Waals surface area contributed by atoms with E-state index in [1.807, 2.05) is 13.8 Å². The predicted octanol–water partition coefficient (Wildman–Crippen LogP) is 1.67. The first-order valence-electron chi connectivity index (χ1n) is 7.71. The number of hydrogen-bond acceptors (Lipinski definition) is 3. The summed E-state index contributed by atoms with van der Waals surface area (Å²) in [4.78, 5) is 0. The van der Waals surface area contributed by atoms with E-state index in [0.717, 1.165) is 19.4 Å². The van der Waals surface area contributed by atoms with Crippen molar-refractivity contribution >= 4 is 10.2 Å². The molecular weight excluding hydrogens is 274 g/mol. The molecule has 1 fully saturated rings. The highest BCUT2D eigenvalue weighted by molar-refractivity contribution is 7.86. The number of nitrogens with one attached hydrogen (secondary N) is 1. The van der Waals surface area contributed by atoms with Crippen LogP contribution in [0.25, 0.3) is 0 Å². The number of rotatable bonds is 6. The Bertz CT molecular complexity index is 378.